The number of rotatable bonds is 7. The Kier molecular flexibility index (Phi) is 5.78. The van der Waals surface area contributed by atoms with Gasteiger partial charge >= 0.3 is 0 Å². The lowest BCUT2D eigenvalue weighted by molar-refractivity contribution is 0.0650. The Morgan fingerprint density at radius 3 is 2.39 bits per heavy atom. The Labute approximate surface area is 109 Å². The van der Waals surface area contributed by atoms with Crippen molar-refractivity contribution in [3.05, 3.63) is 29.8 Å². The predicted octanol–water partition coefficient (Wildman–Crippen LogP) is 1.42. The first-order valence-electron chi connectivity index (χ1n) is 5.98. The van der Waals surface area contributed by atoms with Crippen LogP contribution in [0.5, 0.6) is 0 Å². The van der Waals surface area contributed by atoms with Gasteiger partial charge in [-0.05, 0) is 24.1 Å². The normalized spacial score (nSPS) is 13.5. The Hall–Kier alpha value is -0.910. The van der Waals surface area contributed by atoms with Crippen LogP contribution in [0.3, 0.4) is 0 Å². The SMILES string of the molecule is CCCS(=O)(=O)c1ccc(CC(O)COC)cc1. The molecule has 0 fully saturated rings. The smallest absolute Gasteiger partial charge is 0.178 e. The summed E-state index contributed by atoms with van der Waals surface area (Å²) in [6.45, 7) is 2.11. The molecular formula is C13H20O4S. The standard InChI is InChI=1S/C13H20O4S/c1-3-8-18(15,16)13-6-4-11(5-7-13)9-12(14)10-17-2/h4-7,12,14H,3,8-10H2,1-2H3. The summed E-state index contributed by atoms with van der Waals surface area (Å²) >= 11 is 0. The zero-order chi connectivity index (χ0) is 13.6. The van der Waals surface area contributed by atoms with Gasteiger partial charge < -0.3 is 9.84 Å². The lowest BCUT2D eigenvalue weighted by Gasteiger charge is -2.10. The maximum absolute atomic E-state index is 11.8. The minimum atomic E-state index is -3.15. The van der Waals surface area contributed by atoms with Crippen molar-refractivity contribution in [1.82, 2.24) is 0 Å². The summed E-state index contributed by atoms with van der Waals surface area (Å²) in [6.07, 6.45) is 0.506. The van der Waals surface area contributed by atoms with Gasteiger partial charge in [0.05, 0.1) is 23.4 Å². The number of ether oxygens (including phenoxy) is 1. The lowest BCUT2D eigenvalue weighted by atomic mass is 10.1. The first-order chi connectivity index (χ1) is 8.49. The number of hydrogen-bond acceptors (Lipinski definition) is 4. The fourth-order valence-corrected chi connectivity index (χ4v) is 3.07. The van der Waals surface area contributed by atoms with E-state index in [1.54, 1.807) is 24.3 Å². The summed E-state index contributed by atoms with van der Waals surface area (Å²) in [7, 11) is -1.62. The molecule has 0 aromatic heterocycles. The molecule has 1 atom stereocenters. The van der Waals surface area contributed by atoms with Gasteiger partial charge in [0.2, 0.25) is 0 Å². The molecule has 0 amide bonds. The van der Waals surface area contributed by atoms with Crippen LogP contribution in [0.15, 0.2) is 29.2 Å². The molecule has 1 rings (SSSR count). The molecule has 0 spiro atoms. The van der Waals surface area contributed by atoms with Crippen molar-refractivity contribution >= 4 is 9.84 Å². The summed E-state index contributed by atoms with van der Waals surface area (Å²) in [5.74, 6) is 0.165. The molecular weight excluding hydrogens is 252 g/mol. The molecule has 1 N–H and O–H groups in total. The van der Waals surface area contributed by atoms with Crippen molar-refractivity contribution in [2.24, 2.45) is 0 Å². The highest BCUT2D eigenvalue weighted by Gasteiger charge is 2.13. The largest absolute Gasteiger partial charge is 0.390 e. The van der Waals surface area contributed by atoms with Crippen LogP contribution in [0.1, 0.15) is 18.9 Å². The van der Waals surface area contributed by atoms with Gasteiger partial charge in [0.1, 0.15) is 0 Å². The number of sulfone groups is 1. The summed E-state index contributed by atoms with van der Waals surface area (Å²) < 4.78 is 28.4. The van der Waals surface area contributed by atoms with Gasteiger partial charge in [-0.25, -0.2) is 8.42 Å². The van der Waals surface area contributed by atoms with Crippen LogP contribution in [-0.2, 0) is 21.0 Å². The van der Waals surface area contributed by atoms with Crippen LogP contribution in [0.25, 0.3) is 0 Å². The molecule has 5 heteroatoms. The van der Waals surface area contributed by atoms with Crippen molar-refractivity contribution < 1.29 is 18.3 Å². The van der Waals surface area contributed by atoms with Gasteiger partial charge in [-0.1, -0.05) is 19.1 Å². The first-order valence-corrected chi connectivity index (χ1v) is 7.63. The molecule has 0 aliphatic carbocycles. The third kappa shape index (κ3) is 4.40. The molecule has 0 bridgehead atoms. The van der Waals surface area contributed by atoms with Crippen molar-refractivity contribution in [2.45, 2.75) is 30.8 Å². The fourth-order valence-electron chi connectivity index (χ4n) is 1.74. The molecule has 0 radical (unpaired) electrons. The predicted molar refractivity (Wildman–Crippen MR) is 70.4 cm³/mol. The van der Waals surface area contributed by atoms with E-state index < -0.39 is 15.9 Å². The number of benzene rings is 1. The second-order valence-corrected chi connectivity index (χ2v) is 6.39. The van der Waals surface area contributed by atoms with E-state index in [1.807, 2.05) is 6.92 Å². The second-order valence-electron chi connectivity index (χ2n) is 4.28. The van der Waals surface area contributed by atoms with Gasteiger partial charge in [0.15, 0.2) is 9.84 Å². The van der Waals surface area contributed by atoms with Crippen LogP contribution in [0.2, 0.25) is 0 Å². The Balaban J connectivity index is 2.74. The highest BCUT2D eigenvalue weighted by atomic mass is 32.2. The maximum Gasteiger partial charge on any atom is 0.178 e. The van der Waals surface area contributed by atoms with Crippen LogP contribution in [-0.4, -0.2) is 39.1 Å². The number of hydrogen-bond donors (Lipinski definition) is 1. The Morgan fingerprint density at radius 1 is 1.28 bits per heavy atom. The molecule has 4 nitrogen and oxygen atoms in total. The minimum Gasteiger partial charge on any atom is -0.390 e. The summed E-state index contributed by atoms with van der Waals surface area (Å²) in [4.78, 5) is 0.342. The van der Waals surface area contributed by atoms with E-state index in [2.05, 4.69) is 0 Å². The van der Waals surface area contributed by atoms with Gasteiger partial charge in [-0.15, -0.1) is 0 Å². The average Bonchev–Trinajstić information content (AvgIpc) is 2.30. The van der Waals surface area contributed by atoms with Crippen LogP contribution < -0.4 is 0 Å². The zero-order valence-electron chi connectivity index (χ0n) is 10.8. The van der Waals surface area contributed by atoms with Crippen molar-refractivity contribution in [3.8, 4) is 0 Å². The van der Waals surface area contributed by atoms with Crippen LogP contribution in [0, 0.1) is 0 Å². The summed E-state index contributed by atoms with van der Waals surface area (Å²) in [6, 6.07) is 6.67. The lowest BCUT2D eigenvalue weighted by Crippen LogP contribution is -2.17. The molecule has 18 heavy (non-hydrogen) atoms. The highest BCUT2D eigenvalue weighted by Crippen LogP contribution is 2.14. The summed E-state index contributed by atoms with van der Waals surface area (Å²) in [5.41, 5.74) is 0.898. The van der Waals surface area contributed by atoms with Gasteiger partial charge in [0, 0.05) is 13.5 Å². The highest BCUT2D eigenvalue weighted by molar-refractivity contribution is 7.91. The number of methoxy groups -OCH3 is 1. The molecule has 1 aromatic rings. The van der Waals surface area contributed by atoms with E-state index in [4.69, 9.17) is 4.74 Å². The molecule has 1 aromatic carbocycles. The molecule has 0 heterocycles. The molecule has 1 unspecified atom stereocenters. The van der Waals surface area contributed by atoms with E-state index in [0.717, 1.165) is 5.56 Å². The molecule has 0 saturated carbocycles. The van der Waals surface area contributed by atoms with Crippen molar-refractivity contribution in [1.29, 1.82) is 0 Å². The van der Waals surface area contributed by atoms with Crippen molar-refractivity contribution in [3.63, 3.8) is 0 Å². The topological polar surface area (TPSA) is 63.6 Å². The van der Waals surface area contributed by atoms with E-state index >= 15 is 0 Å². The third-order valence-corrected chi connectivity index (χ3v) is 4.52. The van der Waals surface area contributed by atoms with Crippen LogP contribution >= 0.6 is 0 Å². The Bertz CT molecular complexity index is 450. The fraction of sp³-hybridized carbons (Fsp3) is 0.538. The van der Waals surface area contributed by atoms with Gasteiger partial charge in [-0.2, -0.15) is 0 Å². The third-order valence-electron chi connectivity index (χ3n) is 2.59. The van der Waals surface area contributed by atoms with Crippen molar-refractivity contribution in [2.75, 3.05) is 19.5 Å². The minimum absolute atomic E-state index is 0.165. The second kappa shape index (κ2) is 6.87. The average molecular weight is 272 g/mol. The monoisotopic (exact) mass is 272 g/mol. The number of aliphatic hydroxyl groups excluding tert-OH is 1. The van der Waals surface area contributed by atoms with Gasteiger partial charge in [0.25, 0.3) is 0 Å². The molecule has 102 valence electrons. The van der Waals surface area contributed by atoms with E-state index in [9.17, 15) is 13.5 Å². The Morgan fingerprint density at radius 2 is 1.89 bits per heavy atom. The van der Waals surface area contributed by atoms with Crippen LogP contribution in [0.4, 0.5) is 0 Å². The molecule has 0 saturated heterocycles. The summed E-state index contributed by atoms with van der Waals surface area (Å²) in [5, 5.41) is 9.57. The molecule has 0 aliphatic heterocycles. The molecule has 0 aliphatic rings. The zero-order valence-corrected chi connectivity index (χ0v) is 11.6. The maximum atomic E-state index is 11.8. The van der Waals surface area contributed by atoms with Gasteiger partial charge in [-0.3, -0.25) is 0 Å². The quantitative estimate of drug-likeness (QED) is 0.815. The number of aliphatic hydroxyl groups is 1. The first kappa shape index (κ1) is 15.1. The van der Waals surface area contributed by atoms with E-state index in [0.29, 0.717) is 17.7 Å². The van der Waals surface area contributed by atoms with E-state index in [-0.39, 0.29) is 12.4 Å². The van der Waals surface area contributed by atoms with E-state index in [1.165, 1.54) is 7.11 Å².